The molecule has 120 valence electrons. The molecule has 0 spiro atoms. The van der Waals surface area contributed by atoms with E-state index in [1.165, 1.54) is 0 Å². The van der Waals surface area contributed by atoms with Crippen molar-refractivity contribution < 1.29 is 8.42 Å². The van der Waals surface area contributed by atoms with Gasteiger partial charge in [-0.25, -0.2) is 8.42 Å². The Labute approximate surface area is 134 Å². The zero-order valence-corrected chi connectivity index (χ0v) is 14.7. The Morgan fingerprint density at radius 2 is 2.00 bits per heavy atom. The summed E-state index contributed by atoms with van der Waals surface area (Å²) in [5.74, 6) is 0.554. The van der Waals surface area contributed by atoms with E-state index in [0.29, 0.717) is 12.3 Å². The molecule has 0 saturated heterocycles. The maximum atomic E-state index is 12.0. The minimum atomic E-state index is -2.97. The van der Waals surface area contributed by atoms with Crippen molar-refractivity contribution >= 4 is 21.4 Å². The SMILES string of the molecule is CCNCC(CCS(=O)(=O)C(C)C)Cc1cccc(Cl)c1. The van der Waals surface area contributed by atoms with E-state index in [2.05, 4.69) is 12.2 Å². The molecule has 1 aromatic rings. The molecule has 21 heavy (non-hydrogen) atoms. The van der Waals surface area contributed by atoms with Crippen LogP contribution in [0.5, 0.6) is 0 Å². The lowest BCUT2D eigenvalue weighted by Gasteiger charge is -2.18. The molecule has 0 heterocycles. The average Bonchev–Trinajstić information content (AvgIpc) is 2.41. The van der Waals surface area contributed by atoms with Crippen LogP contribution < -0.4 is 5.32 Å². The van der Waals surface area contributed by atoms with Crippen LogP contribution in [0.1, 0.15) is 32.8 Å². The van der Waals surface area contributed by atoms with Gasteiger partial charge in [-0.3, -0.25) is 0 Å². The molecule has 1 aromatic carbocycles. The van der Waals surface area contributed by atoms with Crippen molar-refractivity contribution in [1.82, 2.24) is 5.32 Å². The summed E-state index contributed by atoms with van der Waals surface area (Å²) in [5, 5.41) is 3.74. The number of halogens is 1. The van der Waals surface area contributed by atoms with Crippen LogP contribution in [0.3, 0.4) is 0 Å². The molecule has 0 amide bonds. The van der Waals surface area contributed by atoms with Crippen molar-refractivity contribution in [2.75, 3.05) is 18.8 Å². The van der Waals surface area contributed by atoms with Gasteiger partial charge in [0.1, 0.15) is 0 Å². The molecule has 1 unspecified atom stereocenters. The lowest BCUT2D eigenvalue weighted by molar-refractivity contribution is 0.464. The first-order chi connectivity index (χ1) is 9.85. The van der Waals surface area contributed by atoms with E-state index < -0.39 is 9.84 Å². The van der Waals surface area contributed by atoms with Crippen molar-refractivity contribution in [3.8, 4) is 0 Å². The second-order valence-electron chi connectivity index (χ2n) is 5.71. The molecule has 0 bridgehead atoms. The molecular weight excluding hydrogens is 306 g/mol. The fraction of sp³-hybridized carbons (Fsp3) is 0.625. The van der Waals surface area contributed by atoms with Crippen LogP contribution in [-0.4, -0.2) is 32.5 Å². The first kappa shape index (κ1) is 18.5. The van der Waals surface area contributed by atoms with Crippen LogP contribution in [0.4, 0.5) is 0 Å². The monoisotopic (exact) mass is 331 g/mol. The highest BCUT2D eigenvalue weighted by Gasteiger charge is 2.19. The number of sulfone groups is 1. The normalized spacial score (nSPS) is 13.6. The third-order valence-corrected chi connectivity index (χ3v) is 6.10. The fourth-order valence-electron chi connectivity index (χ4n) is 2.19. The van der Waals surface area contributed by atoms with Gasteiger partial charge in [-0.2, -0.15) is 0 Å². The van der Waals surface area contributed by atoms with E-state index in [4.69, 9.17) is 11.6 Å². The summed E-state index contributed by atoms with van der Waals surface area (Å²) in [6.45, 7) is 7.26. The third-order valence-electron chi connectivity index (χ3n) is 3.63. The van der Waals surface area contributed by atoms with E-state index in [0.717, 1.165) is 30.1 Å². The molecule has 0 aliphatic heterocycles. The second kappa shape index (κ2) is 8.76. The average molecular weight is 332 g/mol. The Hall–Kier alpha value is -0.580. The maximum Gasteiger partial charge on any atom is 0.152 e. The number of hydrogen-bond acceptors (Lipinski definition) is 3. The Morgan fingerprint density at radius 3 is 2.57 bits per heavy atom. The summed E-state index contributed by atoms with van der Waals surface area (Å²) in [5.41, 5.74) is 1.16. The molecule has 0 aliphatic rings. The van der Waals surface area contributed by atoms with E-state index in [1.807, 2.05) is 24.3 Å². The largest absolute Gasteiger partial charge is 0.317 e. The molecule has 1 rings (SSSR count). The zero-order chi connectivity index (χ0) is 15.9. The maximum absolute atomic E-state index is 12.0. The standard InChI is InChI=1S/C16H26ClNO2S/c1-4-18-12-15(8-9-21(19,20)13(2)3)10-14-6-5-7-16(17)11-14/h5-7,11,13,15,18H,4,8-10,12H2,1-3H3. The van der Waals surface area contributed by atoms with Crippen LogP contribution in [0, 0.1) is 5.92 Å². The number of benzene rings is 1. The molecule has 0 radical (unpaired) electrons. The van der Waals surface area contributed by atoms with Gasteiger partial charge in [-0.05, 0) is 63.4 Å². The molecular formula is C16H26ClNO2S. The molecule has 0 aliphatic carbocycles. The minimum Gasteiger partial charge on any atom is -0.317 e. The van der Waals surface area contributed by atoms with Gasteiger partial charge < -0.3 is 5.32 Å². The van der Waals surface area contributed by atoms with Crippen molar-refractivity contribution in [3.63, 3.8) is 0 Å². The van der Waals surface area contributed by atoms with Gasteiger partial charge in [0, 0.05) is 5.02 Å². The highest BCUT2D eigenvalue weighted by molar-refractivity contribution is 7.91. The van der Waals surface area contributed by atoms with Gasteiger partial charge in [-0.1, -0.05) is 30.7 Å². The minimum absolute atomic E-state index is 0.251. The third kappa shape index (κ3) is 6.81. The van der Waals surface area contributed by atoms with Crippen LogP contribution in [0.15, 0.2) is 24.3 Å². The van der Waals surface area contributed by atoms with Gasteiger partial charge in [0.05, 0.1) is 11.0 Å². The van der Waals surface area contributed by atoms with Crippen LogP contribution in [0.25, 0.3) is 0 Å². The van der Waals surface area contributed by atoms with Crippen LogP contribution in [-0.2, 0) is 16.3 Å². The summed E-state index contributed by atoms with van der Waals surface area (Å²) in [6.07, 6.45) is 1.53. The van der Waals surface area contributed by atoms with Gasteiger partial charge in [0.25, 0.3) is 0 Å². The summed E-state index contributed by atoms with van der Waals surface area (Å²) >= 11 is 6.01. The van der Waals surface area contributed by atoms with Gasteiger partial charge in [0.2, 0.25) is 0 Å². The molecule has 0 fully saturated rings. The van der Waals surface area contributed by atoms with Crippen molar-refractivity contribution in [3.05, 3.63) is 34.9 Å². The number of rotatable bonds is 9. The van der Waals surface area contributed by atoms with E-state index in [9.17, 15) is 8.42 Å². The molecule has 3 nitrogen and oxygen atoms in total. The predicted molar refractivity (Wildman–Crippen MR) is 90.7 cm³/mol. The first-order valence-electron chi connectivity index (χ1n) is 7.52. The highest BCUT2D eigenvalue weighted by atomic mass is 35.5. The van der Waals surface area contributed by atoms with E-state index in [1.54, 1.807) is 13.8 Å². The zero-order valence-electron chi connectivity index (χ0n) is 13.1. The summed E-state index contributed by atoms with van der Waals surface area (Å²) < 4.78 is 23.9. The van der Waals surface area contributed by atoms with E-state index in [-0.39, 0.29) is 11.0 Å². The molecule has 1 N–H and O–H groups in total. The smallest absolute Gasteiger partial charge is 0.152 e. The van der Waals surface area contributed by atoms with Crippen LogP contribution in [0.2, 0.25) is 5.02 Å². The van der Waals surface area contributed by atoms with Crippen molar-refractivity contribution in [1.29, 1.82) is 0 Å². The van der Waals surface area contributed by atoms with Crippen molar-refractivity contribution in [2.45, 2.75) is 38.9 Å². The first-order valence-corrected chi connectivity index (χ1v) is 9.61. The molecule has 0 saturated carbocycles. The number of hydrogen-bond donors (Lipinski definition) is 1. The lowest BCUT2D eigenvalue weighted by atomic mass is 9.97. The van der Waals surface area contributed by atoms with Crippen molar-refractivity contribution in [2.24, 2.45) is 5.92 Å². The number of nitrogens with one attached hydrogen (secondary N) is 1. The Balaban J connectivity index is 2.67. The van der Waals surface area contributed by atoms with Gasteiger partial charge >= 0.3 is 0 Å². The molecule has 5 heteroatoms. The summed E-state index contributed by atoms with van der Waals surface area (Å²) in [4.78, 5) is 0. The quantitative estimate of drug-likeness (QED) is 0.755. The fourth-order valence-corrected chi connectivity index (χ4v) is 3.53. The Kier molecular flexibility index (Phi) is 7.71. The van der Waals surface area contributed by atoms with Gasteiger partial charge in [0.15, 0.2) is 9.84 Å². The predicted octanol–water partition coefficient (Wildman–Crippen LogP) is 3.32. The molecule has 1 atom stereocenters. The second-order valence-corrected chi connectivity index (χ2v) is 8.83. The lowest BCUT2D eigenvalue weighted by Crippen LogP contribution is -2.27. The topological polar surface area (TPSA) is 46.2 Å². The van der Waals surface area contributed by atoms with Crippen LogP contribution >= 0.6 is 11.6 Å². The summed E-state index contributed by atoms with van der Waals surface area (Å²) in [7, 11) is -2.97. The van der Waals surface area contributed by atoms with Gasteiger partial charge in [-0.15, -0.1) is 0 Å². The molecule has 0 aromatic heterocycles. The van der Waals surface area contributed by atoms with E-state index >= 15 is 0 Å². The highest BCUT2D eigenvalue weighted by Crippen LogP contribution is 2.18. The Bertz CT molecular complexity index is 529. The Morgan fingerprint density at radius 1 is 1.29 bits per heavy atom. The summed E-state index contributed by atoms with van der Waals surface area (Å²) in [6, 6.07) is 7.79.